The normalized spacial score (nSPS) is 11.1. The van der Waals surface area contributed by atoms with E-state index in [0.29, 0.717) is 22.1 Å². The molecule has 4 heteroatoms. The number of aromatic nitrogens is 2. The molecule has 0 fully saturated rings. The largest absolute Gasteiger partial charge is 0.434 e. The Labute approximate surface area is 109 Å². The van der Waals surface area contributed by atoms with Gasteiger partial charge >= 0.3 is 0 Å². The predicted octanol–water partition coefficient (Wildman–Crippen LogP) is 4.16. The van der Waals surface area contributed by atoms with Crippen molar-refractivity contribution in [2.75, 3.05) is 0 Å². The minimum atomic E-state index is 0.558. The summed E-state index contributed by atoms with van der Waals surface area (Å²) in [6.07, 6.45) is 1.78. The summed E-state index contributed by atoms with van der Waals surface area (Å²) < 4.78 is 5.74. The molecule has 3 nitrogen and oxygen atoms in total. The summed E-state index contributed by atoms with van der Waals surface area (Å²) in [6.45, 7) is 3.92. The second-order valence-electron chi connectivity index (χ2n) is 4.27. The van der Waals surface area contributed by atoms with Crippen LogP contribution >= 0.6 is 11.6 Å². The lowest BCUT2D eigenvalue weighted by molar-refractivity contribution is 0.619. The molecule has 0 saturated heterocycles. The Balaban J connectivity index is 2.22. The van der Waals surface area contributed by atoms with Crippen molar-refractivity contribution in [2.24, 2.45) is 0 Å². The van der Waals surface area contributed by atoms with Crippen molar-refractivity contribution in [1.82, 2.24) is 9.97 Å². The lowest BCUT2D eigenvalue weighted by atomic mass is 10.1. The van der Waals surface area contributed by atoms with Gasteiger partial charge < -0.3 is 4.42 Å². The second kappa shape index (κ2) is 4.10. The molecule has 0 aliphatic rings. The van der Waals surface area contributed by atoms with Gasteiger partial charge in [-0.05, 0) is 43.2 Å². The van der Waals surface area contributed by atoms with Crippen LogP contribution in [0.2, 0.25) is 5.02 Å². The smallest absolute Gasteiger partial charge is 0.229 e. The van der Waals surface area contributed by atoms with Crippen LogP contribution in [0.4, 0.5) is 0 Å². The highest BCUT2D eigenvalue weighted by atomic mass is 35.5. The van der Waals surface area contributed by atoms with Gasteiger partial charge in [0.2, 0.25) is 5.89 Å². The van der Waals surface area contributed by atoms with Crippen LogP contribution in [0.1, 0.15) is 11.1 Å². The second-order valence-corrected chi connectivity index (χ2v) is 4.67. The van der Waals surface area contributed by atoms with Gasteiger partial charge in [0, 0.05) is 16.8 Å². The van der Waals surface area contributed by atoms with Gasteiger partial charge in [-0.25, -0.2) is 4.98 Å². The number of hydrogen-bond acceptors (Lipinski definition) is 3. The first-order valence-electron chi connectivity index (χ1n) is 5.64. The summed E-state index contributed by atoms with van der Waals surface area (Å²) in [7, 11) is 0. The average Bonchev–Trinajstić information content (AvgIpc) is 2.75. The van der Waals surface area contributed by atoms with Crippen molar-refractivity contribution in [3.63, 3.8) is 0 Å². The molecule has 0 unspecified atom stereocenters. The third-order valence-corrected chi connectivity index (χ3v) is 3.29. The molecule has 0 radical (unpaired) electrons. The molecule has 0 bridgehead atoms. The van der Waals surface area contributed by atoms with Crippen LogP contribution in [-0.2, 0) is 0 Å². The minimum Gasteiger partial charge on any atom is -0.434 e. The summed E-state index contributed by atoms with van der Waals surface area (Å²) in [5.74, 6) is 0.558. The van der Waals surface area contributed by atoms with E-state index in [-0.39, 0.29) is 0 Å². The van der Waals surface area contributed by atoms with Crippen LogP contribution < -0.4 is 0 Å². The van der Waals surface area contributed by atoms with Crippen LogP contribution in [0, 0.1) is 13.8 Å². The quantitative estimate of drug-likeness (QED) is 0.658. The van der Waals surface area contributed by atoms with Gasteiger partial charge in [0.15, 0.2) is 11.2 Å². The number of fused-ring (bicyclic) bond motifs is 1. The van der Waals surface area contributed by atoms with Gasteiger partial charge in [0.1, 0.15) is 0 Å². The molecule has 0 amide bonds. The molecule has 3 aromatic rings. The van der Waals surface area contributed by atoms with E-state index in [2.05, 4.69) is 9.97 Å². The predicted molar refractivity (Wildman–Crippen MR) is 71.7 cm³/mol. The maximum Gasteiger partial charge on any atom is 0.229 e. The number of halogens is 1. The van der Waals surface area contributed by atoms with E-state index >= 15 is 0 Å². The van der Waals surface area contributed by atoms with Crippen molar-refractivity contribution < 1.29 is 4.42 Å². The minimum absolute atomic E-state index is 0.558. The summed E-state index contributed by atoms with van der Waals surface area (Å²) in [4.78, 5) is 8.63. The van der Waals surface area contributed by atoms with Crippen LogP contribution in [0.5, 0.6) is 0 Å². The van der Waals surface area contributed by atoms with Crippen LogP contribution in [0.25, 0.3) is 22.7 Å². The molecule has 3 rings (SSSR count). The Kier molecular flexibility index (Phi) is 2.56. The van der Waals surface area contributed by atoms with Gasteiger partial charge in [-0.1, -0.05) is 17.7 Å². The monoisotopic (exact) mass is 258 g/mol. The number of oxazole rings is 1. The summed E-state index contributed by atoms with van der Waals surface area (Å²) in [5, 5.41) is 0.707. The average molecular weight is 259 g/mol. The Hall–Kier alpha value is -1.87. The Morgan fingerprint density at radius 2 is 2.06 bits per heavy atom. The first-order valence-corrected chi connectivity index (χ1v) is 6.01. The molecule has 0 aliphatic carbocycles. The Morgan fingerprint density at radius 1 is 1.22 bits per heavy atom. The molecule has 0 atom stereocenters. The molecule has 90 valence electrons. The Bertz CT molecular complexity index is 734. The number of rotatable bonds is 1. The molecule has 0 spiro atoms. The SMILES string of the molecule is Cc1cnc2nc(-c3cccc(Cl)c3C)oc2c1. The summed E-state index contributed by atoms with van der Waals surface area (Å²) in [5.41, 5.74) is 4.23. The number of pyridine rings is 1. The third kappa shape index (κ3) is 1.77. The molecular weight excluding hydrogens is 248 g/mol. The number of hydrogen-bond donors (Lipinski definition) is 0. The van der Waals surface area contributed by atoms with Gasteiger partial charge in [-0.2, -0.15) is 4.98 Å². The highest BCUT2D eigenvalue weighted by Gasteiger charge is 2.12. The first kappa shape index (κ1) is 11.2. The molecule has 1 aromatic carbocycles. The van der Waals surface area contributed by atoms with Gasteiger partial charge in [0.25, 0.3) is 0 Å². The van der Waals surface area contributed by atoms with Crippen LogP contribution in [0.15, 0.2) is 34.9 Å². The van der Waals surface area contributed by atoms with E-state index in [0.717, 1.165) is 16.7 Å². The van der Waals surface area contributed by atoms with E-state index in [4.69, 9.17) is 16.0 Å². The van der Waals surface area contributed by atoms with Gasteiger partial charge in [-0.15, -0.1) is 0 Å². The zero-order valence-corrected chi connectivity index (χ0v) is 10.8. The van der Waals surface area contributed by atoms with Gasteiger partial charge in [0.05, 0.1) is 0 Å². The standard InChI is InChI=1S/C14H11ClN2O/c1-8-6-12-13(16-7-8)17-14(18-12)10-4-3-5-11(15)9(10)2/h3-7H,1-2H3. The number of benzene rings is 1. The van der Waals surface area contributed by atoms with Gasteiger partial charge in [-0.3, -0.25) is 0 Å². The summed E-state index contributed by atoms with van der Waals surface area (Å²) in [6, 6.07) is 7.61. The topological polar surface area (TPSA) is 38.9 Å². The van der Waals surface area contributed by atoms with Crippen molar-refractivity contribution >= 4 is 22.8 Å². The highest BCUT2D eigenvalue weighted by Crippen LogP contribution is 2.29. The molecule has 0 saturated carbocycles. The molecule has 2 heterocycles. The maximum atomic E-state index is 6.10. The highest BCUT2D eigenvalue weighted by molar-refractivity contribution is 6.31. The van der Waals surface area contributed by atoms with Crippen molar-refractivity contribution in [1.29, 1.82) is 0 Å². The van der Waals surface area contributed by atoms with E-state index in [1.54, 1.807) is 6.20 Å². The fourth-order valence-corrected chi connectivity index (χ4v) is 2.05. The number of aryl methyl sites for hydroxylation is 1. The fourth-order valence-electron chi connectivity index (χ4n) is 1.87. The third-order valence-electron chi connectivity index (χ3n) is 2.88. The van der Waals surface area contributed by atoms with E-state index in [9.17, 15) is 0 Å². The maximum absolute atomic E-state index is 6.10. The molecule has 2 aromatic heterocycles. The molecule has 0 N–H and O–H groups in total. The van der Waals surface area contributed by atoms with E-state index in [1.807, 2.05) is 38.1 Å². The zero-order valence-electron chi connectivity index (χ0n) is 10.1. The van der Waals surface area contributed by atoms with Crippen LogP contribution in [0.3, 0.4) is 0 Å². The van der Waals surface area contributed by atoms with Crippen molar-refractivity contribution in [3.8, 4) is 11.5 Å². The first-order chi connectivity index (χ1) is 8.65. The lowest BCUT2D eigenvalue weighted by Gasteiger charge is -2.02. The molecular formula is C14H11ClN2O. The number of nitrogens with zero attached hydrogens (tertiary/aromatic N) is 2. The Morgan fingerprint density at radius 3 is 2.89 bits per heavy atom. The lowest BCUT2D eigenvalue weighted by Crippen LogP contribution is -1.84. The fraction of sp³-hybridized carbons (Fsp3) is 0.143. The van der Waals surface area contributed by atoms with E-state index in [1.165, 1.54) is 0 Å². The molecule has 0 aliphatic heterocycles. The van der Waals surface area contributed by atoms with Crippen LogP contribution in [-0.4, -0.2) is 9.97 Å². The zero-order chi connectivity index (χ0) is 12.7. The van der Waals surface area contributed by atoms with Crippen molar-refractivity contribution in [2.45, 2.75) is 13.8 Å². The van der Waals surface area contributed by atoms with Crippen molar-refractivity contribution in [3.05, 3.63) is 46.6 Å². The van der Waals surface area contributed by atoms with E-state index < -0.39 is 0 Å². The summed E-state index contributed by atoms with van der Waals surface area (Å²) >= 11 is 6.10. The molecule has 18 heavy (non-hydrogen) atoms.